The molecule has 4 aromatic rings. The Hall–Kier alpha value is -4.87. The first-order chi connectivity index (χ1) is 34.8. The maximum atomic E-state index is 12.7. The van der Waals surface area contributed by atoms with Crippen molar-refractivity contribution >= 4 is 70.4 Å². The van der Waals surface area contributed by atoms with Gasteiger partial charge in [-0.15, -0.1) is 11.6 Å². The van der Waals surface area contributed by atoms with Crippen molar-refractivity contribution in [1.82, 2.24) is 10.2 Å². The molecule has 3 fully saturated rings. The molecule has 73 heavy (non-hydrogen) atoms. The number of aryl methyl sites for hydroxylation is 2. The zero-order valence-corrected chi connectivity index (χ0v) is 45.3. The Bertz CT molecular complexity index is 2770. The maximum absolute atomic E-state index is 12.7. The quantitative estimate of drug-likeness (QED) is 0.0777. The van der Waals surface area contributed by atoms with Crippen LogP contribution in [-0.2, 0) is 36.7 Å². The van der Waals surface area contributed by atoms with Gasteiger partial charge in [0.25, 0.3) is 0 Å². The minimum absolute atomic E-state index is 0.0297. The molecule has 3 N–H and O–H groups in total. The summed E-state index contributed by atoms with van der Waals surface area (Å²) in [5.74, 6) is 3.57. The molecule has 0 aromatic heterocycles. The molecule has 0 saturated carbocycles. The molecule has 3 saturated heterocycles. The van der Waals surface area contributed by atoms with Crippen LogP contribution in [-0.4, -0.2) is 108 Å². The van der Waals surface area contributed by atoms with Gasteiger partial charge in [-0.25, -0.2) is 21.6 Å². The lowest BCUT2D eigenvalue weighted by molar-refractivity contribution is 0.0253. The summed E-state index contributed by atoms with van der Waals surface area (Å²) in [4.78, 5) is 38.7. The fourth-order valence-electron chi connectivity index (χ4n) is 10.3. The van der Waals surface area contributed by atoms with Crippen LogP contribution >= 0.6 is 22.3 Å². The molecule has 1 amide bonds. The molecule has 0 radical (unpaired) electrons. The lowest BCUT2D eigenvalue weighted by atomic mass is 9.83. The molecular weight excluding hydrogens is 1010 g/mol. The van der Waals surface area contributed by atoms with Gasteiger partial charge in [-0.1, -0.05) is 36.4 Å². The van der Waals surface area contributed by atoms with Gasteiger partial charge in [0.15, 0.2) is 11.6 Å². The van der Waals surface area contributed by atoms with Gasteiger partial charge in [0, 0.05) is 77.7 Å². The number of halogens is 2. The van der Waals surface area contributed by atoms with Crippen LogP contribution in [0.2, 0.25) is 0 Å². The lowest BCUT2D eigenvalue weighted by Gasteiger charge is -2.26. The van der Waals surface area contributed by atoms with E-state index in [1.165, 1.54) is 15.4 Å². The van der Waals surface area contributed by atoms with Crippen LogP contribution in [0.15, 0.2) is 84.9 Å². The number of alkyl halides is 1. The van der Waals surface area contributed by atoms with Crippen LogP contribution < -0.4 is 24.8 Å². The minimum atomic E-state index is -3.30. The predicted molar refractivity (Wildman–Crippen MR) is 289 cm³/mol. The van der Waals surface area contributed by atoms with E-state index in [1.807, 2.05) is 86.3 Å². The molecule has 9 rings (SSSR count). The molecule has 0 spiro atoms. The molecular formula is C55H70Cl2N4O10S2. The molecule has 5 aliphatic rings. The van der Waals surface area contributed by atoms with Gasteiger partial charge in [-0.2, -0.15) is 0 Å². The Labute approximate surface area is 441 Å². The molecule has 18 heteroatoms. The number of nitrogen functional groups attached to an aromatic ring is 1. The first kappa shape index (κ1) is 55.9. The molecule has 0 unspecified atom stereocenters. The SMILES string of the molecule is CC(C)(C)OC(=O)N1CC[C@@H](COc2ccc3c(c2)C(=O)CC3)[C@H](c2ccc(N)cc2)CC1.O=C1CCc2ccc(OC[C@@H]3CCNCC[C@H]3c3ccc(N4CCCS4(=O)=O)cc3)cc21.O=S(=O)(Cl)CCCCl. The number of likely N-dealkylation sites (tertiary alicyclic amines) is 1. The van der Waals surface area contributed by atoms with E-state index >= 15 is 0 Å². The van der Waals surface area contributed by atoms with E-state index < -0.39 is 24.7 Å². The van der Waals surface area contributed by atoms with Crippen molar-refractivity contribution in [2.75, 3.05) is 73.4 Å². The summed E-state index contributed by atoms with van der Waals surface area (Å²) < 4.78 is 64.2. The lowest BCUT2D eigenvalue weighted by Crippen LogP contribution is -2.37. The Morgan fingerprint density at radius 2 is 1.27 bits per heavy atom. The maximum Gasteiger partial charge on any atom is 0.410 e. The second kappa shape index (κ2) is 25.1. The van der Waals surface area contributed by atoms with Crippen LogP contribution in [0.4, 0.5) is 16.2 Å². The molecule has 3 heterocycles. The molecule has 396 valence electrons. The highest BCUT2D eigenvalue weighted by Crippen LogP contribution is 2.37. The van der Waals surface area contributed by atoms with Crippen LogP contribution in [0.1, 0.15) is 127 Å². The van der Waals surface area contributed by atoms with E-state index in [1.54, 1.807) is 0 Å². The summed E-state index contributed by atoms with van der Waals surface area (Å²) in [5, 5.41) is 3.49. The number of nitrogens with one attached hydrogen (secondary N) is 1. The highest BCUT2D eigenvalue weighted by atomic mass is 35.7. The largest absolute Gasteiger partial charge is 0.493 e. The van der Waals surface area contributed by atoms with Gasteiger partial charge in [0.05, 0.1) is 30.4 Å². The van der Waals surface area contributed by atoms with E-state index in [-0.39, 0.29) is 41.0 Å². The Kier molecular flexibility index (Phi) is 19.2. The Morgan fingerprint density at radius 3 is 1.79 bits per heavy atom. The number of sulfonamides is 1. The molecule has 14 nitrogen and oxygen atoms in total. The van der Waals surface area contributed by atoms with Gasteiger partial charge in [0.2, 0.25) is 19.1 Å². The van der Waals surface area contributed by atoms with Crippen LogP contribution in [0.3, 0.4) is 0 Å². The summed E-state index contributed by atoms with van der Waals surface area (Å²) in [6.45, 7) is 10.5. The number of nitrogens with two attached hydrogens (primary N) is 1. The number of nitrogens with zero attached hydrogens (tertiary/aromatic N) is 2. The first-order valence-corrected chi connectivity index (χ1v) is 30.1. The number of ketones is 2. The monoisotopic (exact) mass is 1080 g/mol. The summed E-state index contributed by atoms with van der Waals surface area (Å²) in [6, 6.07) is 27.8. The van der Waals surface area contributed by atoms with Crippen LogP contribution in [0.25, 0.3) is 0 Å². The predicted octanol–water partition coefficient (Wildman–Crippen LogP) is 9.91. The van der Waals surface area contributed by atoms with Gasteiger partial charge in [-0.3, -0.25) is 13.9 Å². The van der Waals surface area contributed by atoms with Crippen molar-refractivity contribution in [2.24, 2.45) is 11.8 Å². The van der Waals surface area contributed by atoms with E-state index in [9.17, 15) is 31.2 Å². The van der Waals surface area contributed by atoms with E-state index in [0.29, 0.717) is 76.2 Å². The van der Waals surface area contributed by atoms with Gasteiger partial charge in [0.1, 0.15) is 17.1 Å². The summed E-state index contributed by atoms with van der Waals surface area (Å²) >= 11 is 5.18. The average Bonchev–Trinajstić information content (AvgIpc) is 3.89. The molecule has 4 atom stereocenters. The second-order valence-corrected chi connectivity index (χ2v) is 25.8. The van der Waals surface area contributed by atoms with Gasteiger partial charge in [-0.05, 0) is 168 Å². The number of carbonyl (C=O) groups is 3. The zero-order valence-electron chi connectivity index (χ0n) is 42.2. The fourth-order valence-corrected chi connectivity index (χ4v) is 12.9. The molecule has 3 aliphatic heterocycles. The third kappa shape index (κ3) is 15.8. The van der Waals surface area contributed by atoms with Crippen molar-refractivity contribution in [3.63, 3.8) is 0 Å². The van der Waals surface area contributed by atoms with Crippen LogP contribution in [0.5, 0.6) is 11.5 Å². The van der Waals surface area contributed by atoms with Gasteiger partial charge < -0.3 is 30.2 Å². The Balaban J connectivity index is 0.000000186. The van der Waals surface area contributed by atoms with Crippen molar-refractivity contribution in [2.45, 2.75) is 102 Å². The normalized spacial score (nSPS) is 21.6. The van der Waals surface area contributed by atoms with Crippen molar-refractivity contribution in [1.29, 1.82) is 0 Å². The summed E-state index contributed by atoms with van der Waals surface area (Å²) in [6.07, 6.45) is 7.32. The first-order valence-electron chi connectivity index (χ1n) is 25.5. The number of ether oxygens (including phenoxy) is 3. The summed E-state index contributed by atoms with van der Waals surface area (Å²) in [5.41, 5.74) is 13.1. The number of fused-ring (bicyclic) bond motifs is 2. The standard InChI is InChI=1S/C27H34N2O4.C25H30N2O4S.C3H6Cl2O2S/c1-27(2,3)33-26(31)29-14-12-20(23(13-15-29)18-4-8-21(28)9-5-18)17-32-22-10-6-19-7-11-25(30)24(19)16-22;28-25-9-5-19-4-8-22(16-24(19)25)31-17-20-10-12-26-13-11-23(20)18-2-6-21(7-3-18)27-14-1-15-32(27,29)30;4-2-1-3-8(5,6)7/h4-6,8-10,16,20,23H,7,11-15,17,28H2,1-3H3;2-4,6-8,16,20,23,26H,1,5,9-15,17H2;1-3H2/t2*20-,23-;/m00./s1. The number of carbonyl (C=O) groups excluding carboxylic acids is 3. The number of Topliss-reactive ketones (excluding diaryl/α,β-unsaturated/α-hetero) is 2. The number of anilines is 2. The number of amides is 1. The molecule has 0 bridgehead atoms. The number of hydrogen-bond acceptors (Lipinski definition) is 12. The number of hydrogen-bond donors (Lipinski definition) is 2. The van der Waals surface area contributed by atoms with E-state index in [0.717, 1.165) is 96.7 Å². The third-order valence-corrected chi connectivity index (χ3v) is 17.5. The van der Waals surface area contributed by atoms with E-state index in [2.05, 4.69) is 29.6 Å². The van der Waals surface area contributed by atoms with Crippen molar-refractivity contribution < 1.29 is 45.4 Å². The second-order valence-electron chi connectivity index (χ2n) is 20.5. The Morgan fingerprint density at radius 1 is 0.740 bits per heavy atom. The highest BCUT2D eigenvalue weighted by Gasteiger charge is 2.33. The zero-order chi connectivity index (χ0) is 52.3. The van der Waals surface area contributed by atoms with Gasteiger partial charge >= 0.3 is 6.09 Å². The average molecular weight is 1080 g/mol. The summed E-state index contributed by atoms with van der Waals surface area (Å²) in [7, 11) is -1.64. The molecule has 2 aliphatic carbocycles. The highest BCUT2D eigenvalue weighted by molar-refractivity contribution is 8.13. The minimum Gasteiger partial charge on any atom is -0.493 e. The van der Waals surface area contributed by atoms with E-state index in [4.69, 9.17) is 42.2 Å². The number of rotatable bonds is 12. The fraction of sp³-hybridized carbons (Fsp3) is 0.509. The van der Waals surface area contributed by atoms with Crippen molar-refractivity contribution in [3.8, 4) is 11.5 Å². The topological polar surface area (TPSA) is 192 Å². The smallest absolute Gasteiger partial charge is 0.410 e. The van der Waals surface area contributed by atoms with Crippen molar-refractivity contribution in [3.05, 3.63) is 118 Å². The van der Waals surface area contributed by atoms with Crippen LogP contribution in [0, 0.1) is 11.8 Å². The third-order valence-electron chi connectivity index (χ3n) is 14.1. The number of benzene rings is 4. The molecule has 4 aromatic carbocycles.